The Morgan fingerprint density at radius 2 is 0.976 bits per heavy atom. The second-order valence-electron chi connectivity index (χ2n) is 11.7. The fraction of sp³-hybridized carbons (Fsp3) is 0.150. The summed E-state index contributed by atoms with van der Waals surface area (Å²) in [5, 5.41) is 0. The zero-order valence-corrected chi connectivity index (χ0v) is 23.6. The molecule has 42 heavy (non-hydrogen) atoms. The van der Waals surface area contributed by atoms with Gasteiger partial charge >= 0.3 is 0 Å². The Bertz CT molecular complexity index is 1830. The molecule has 0 unspecified atom stereocenters. The lowest BCUT2D eigenvalue weighted by molar-refractivity contribution is 0.353. The summed E-state index contributed by atoms with van der Waals surface area (Å²) >= 11 is 0. The van der Waals surface area contributed by atoms with E-state index in [4.69, 9.17) is 9.97 Å². The van der Waals surface area contributed by atoms with Gasteiger partial charge in [0.1, 0.15) is 0 Å². The number of aromatic nitrogens is 2. The number of hydrogen-bond acceptors (Lipinski definition) is 2. The number of hydrogen-bond donors (Lipinski definition) is 0. The molecule has 0 bridgehead atoms. The van der Waals surface area contributed by atoms with E-state index in [0.717, 1.165) is 33.9 Å². The molecule has 2 aliphatic carbocycles. The maximum atomic E-state index is 5.04. The molecule has 2 heteroatoms. The highest BCUT2D eigenvalue weighted by Gasteiger charge is 2.44. The average Bonchev–Trinajstić information content (AvgIpc) is 3.35. The molecule has 2 aliphatic rings. The van der Waals surface area contributed by atoms with E-state index >= 15 is 0 Å². The van der Waals surface area contributed by atoms with Gasteiger partial charge in [0.05, 0.1) is 11.4 Å². The van der Waals surface area contributed by atoms with Gasteiger partial charge in [-0.15, -0.1) is 0 Å². The predicted molar refractivity (Wildman–Crippen MR) is 173 cm³/mol. The van der Waals surface area contributed by atoms with Crippen LogP contribution in [0.3, 0.4) is 0 Å². The molecule has 8 rings (SSSR count). The van der Waals surface area contributed by atoms with Crippen LogP contribution in [-0.4, -0.2) is 9.97 Å². The van der Waals surface area contributed by atoms with Gasteiger partial charge in [0.25, 0.3) is 0 Å². The highest BCUT2D eigenvalue weighted by Crippen LogP contribution is 2.57. The van der Waals surface area contributed by atoms with Crippen LogP contribution in [0.4, 0.5) is 0 Å². The van der Waals surface area contributed by atoms with Crippen LogP contribution in [0.1, 0.15) is 43.2 Å². The van der Waals surface area contributed by atoms with Crippen molar-refractivity contribution >= 4 is 0 Å². The van der Waals surface area contributed by atoms with Gasteiger partial charge in [0, 0.05) is 22.1 Å². The predicted octanol–water partition coefficient (Wildman–Crippen LogP) is 10.4. The van der Waals surface area contributed by atoms with Gasteiger partial charge in [-0.05, 0) is 52.3 Å². The number of benzene rings is 5. The Morgan fingerprint density at radius 3 is 1.64 bits per heavy atom. The van der Waals surface area contributed by atoms with Crippen molar-refractivity contribution < 1.29 is 0 Å². The molecule has 0 amide bonds. The monoisotopic (exact) mass is 540 g/mol. The van der Waals surface area contributed by atoms with Crippen molar-refractivity contribution in [3.05, 3.63) is 145 Å². The fourth-order valence-corrected chi connectivity index (χ4v) is 7.33. The van der Waals surface area contributed by atoms with Crippen molar-refractivity contribution in [2.75, 3.05) is 0 Å². The molecule has 0 aliphatic heterocycles. The minimum Gasteiger partial charge on any atom is -0.228 e. The first-order valence-electron chi connectivity index (χ1n) is 15.1. The van der Waals surface area contributed by atoms with E-state index in [1.54, 1.807) is 0 Å². The summed E-state index contributed by atoms with van der Waals surface area (Å²) in [4.78, 5) is 10.1. The van der Waals surface area contributed by atoms with Crippen molar-refractivity contribution in [2.45, 2.75) is 37.5 Å². The van der Waals surface area contributed by atoms with E-state index < -0.39 is 0 Å². The van der Waals surface area contributed by atoms with Crippen LogP contribution < -0.4 is 0 Å². The summed E-state index contributed by atoms with van der Waals surface area (Å²) in [5.41, 5.74) is 13.7. The van der Waals surface area contributed by atoms with E-state index in [1.165, 1.54) is 65.5 Å². The second-order valence-corrected chi connectivity index (χ2v) is 11.7. The molecule has 1 spiro atoms. The maximum absolute atomic E-state index is 5.04. The van der Waals surface area contributed by atoms with Crippen molar-refractivity contribution in [1.82, 2.24) is 9.97 Å². The normalized spacial score (nSPS) is 14.9. The quantitative estimate of drug-likeness (QED) is 0.222. The molecule has 0 saturated heterocycles. The molecule has 2 nitrogen and oxygen atoms in total. The molecule has 0 radical (unpaired) electrons. The van der Waals surface area contributed by atoms with E-state index in [1.807, 2.05) is 12.1 Å². The largest absolute Gasteiger partial charge is 0.228 e. The van der Waals surface area contributed by atoms with Crippen LogP contribution in [0.25, 0.3) is 56.2 Å². The zero-order chi connectivity index (χ0) is 27.9. The van der Waals surface area contributed by atoms with Gasteiger partial charge in [-0.25, -0.2) is 9.97 Å². The smallest absolute Gasteiger partial charge is 0.160 e. The third kappa shape index (κ3) is 4.10. The summed E-state index contributed by atoms with van der Waals surface area (Å²) in [6.07, 6.45) is 6.45. The van der Waals surface area contributed by atoms with Crippen molar-refractivity contribution in [2.24, 2.45) is 0 Å². The van der Waals surface area contributed by atoms with E-state index in [-0.39, 0.29) is 5.41 Å². The molecule has 1 saturated carbocycles. The summed E-state index contributed by atoms with van der Waals surface area (Å²) in [7, 11) is 0. The van der Waals surface area contributed by atoms with Crippen LogP contribution in [0.2, 0.25) is 0 Å². The minimum atomic E-state index is 0.166. The maximum Gasteiger partial charge on any atom is 0.160 e. The van der Waals surface area contributed by atoms with Crippen LogP contribution in [0, 0.1) is 0 Å². The SMILES string of the molecule is c1ccc(-c2cc(-c3ccccc3)nc(-c3ccc(-c4cccc5c4-c4ccccc4C54CCCCC4)cc3)n2)cc1. The fourth-order valence-electron chi connectivity index (χ4n) is 7.33. The third-order valence-electron chi connectivity index (χ3n) is 9.32. The van der Waals surface area contributed by atoms with Crippen LogP contribution in [0.15, 0.2) is 133 Å². The first-order chi connectivity index (χ1) is 20.8. The first-order valence-corrected chi connectivity index (χ1v) is 15.1. The summed E-state index contributed by atoms with van der Waals surface area (Å²) in [5.74, 6) is 0.742. The van der Waals surface area contributed by atoms with Gasteiger partial charge in [0.2, 0.25) is 0 Å². The Labute approximate surface area is 247 Å². The summed E-state index contributed by atoms with van der Waals surface area (Å²) in [6, 6.07) is 47.8. The molecule has 1 heterocycles. The highest BCUT2D eigenvalue weighted by molar-refractivity contribution is 5.93. The molecular weight excluding hydrogens is 508 g/mol. The Balaban J connectivity index is 1.23. The lowest BCUT2D eigenvalue weighted by Crippen LogP contribution is -2.27. The summed E-state index contributed by atoms with van der Waals surface area (Å²) in [6.45, 7) is 0. The van der Waals surface area contributed by atoms with Gasteiger partial charge in [-0.3, -0.25) is 0 Å². The molecule has 0 N–H and O–H groups in total. The van der Waals surface area contributed by atoms with E-state index in [9.17, 15) is 0 Å². The molecule has 1 aromatic heterocycles. The van der Waals surface area contributed by atoms with Crippen molar-refractivity contribution in [1.29, 1.82) is 0 Å². The Morgan fingerprint density at radius 1 is 0.429 bits per heavy atom. The topological polar surface area (TPSA) is 25.8 Å². The van der Waals surface area contributed by atoms with Crippen molar-refractivity contribution in [3.8, 4) is 56.2 Å². The molecule has 6 aromatic rings. The number of fused-ring (bicyclic) bond motifs is 5. The van der Waals surface area contributed by atoms with Gasteiger partial charge in [-0.2, -0.15) is 0 Å². The second kappa shape index (κ2) is 10.2. The lowest BCUT2D eigenvalue weighted by Gasteiger charge is -2.36. The molecular formula is C40H32N2. The number of nitrogens with zero attached hydrogens (tertiary/aromatic N) is 2. The molecule has 202 valence electrons. The minimum absolute atomic E-state index is 0.166. The molecule has 1 fully saturated rings. The van der Waals surface area contributed by atoms with Crippen molar-refractivity contribution in [3.63, 3.8) is 0 Å². The third-order valence-corrected chi connectivity index (χ3v) is 9.32. The van der Waals surface area contributed by atoms with Crippen LogP contribution >= 0.6 is 0 Å². The Hall–Kier alpha value is -4.82. The summed E-state index contributed by atoms with van der Waals surface area (Å²) < 4.78 is 0. The lowest BCUT2D eigenvalue weighted by atomic mass is 9.68. The van der Waals surface area contributed by atoms with Gasteiger partial charge in [-0.1, -0.05) is 147 Å². The zero-order valence-electron chi connectivity index (χ0n) is 23.6. The number of rotatable bonds is 4. The highest BCUT2D eigenvalue weighted by atomic mass is 14.9. The van der Waals surface area contributed by atoms with Gasteiger partial charge in [0.15, 0.2) is 5.82 Å². The standard InChI is InChI=1S/C40H32N2/c1-4-13-29(14-5-1)36-27-37(30-15-6-2-7-16-30)42-39(41-36)31-23-21-28(22-24-31)32-18-12-20-35-38(32)33-17-8-9-19-34(33)40(35)25-10-3-11-26-40/h1-2,4-9,12-24,27H,3,10-11,25-26H2. The van der Waals surface area contributed by atoms with Crippen LogP contribution in [-0.2, 0) is 5.41 Å². The molecule has 5 aromatic carbocycles. The van der Waals surface area contributed by atoms with E-state index in [0.29, 0.717) is 0 Å². The first kappa shape index (κ1) is 24.9. The van der Waals surface area contributed by atoms with Crippen LogP contribution in [0.5, 0.6) is 0 Å². The average molecular weight is 541 g/mol. The van der Waals surface area contributed by atoms with Gasteiger partial charge < -0.3 is 0 Å². The molecule has 0 atom stereocenters. The Kier molecular flexibility index (Phi) is 6.07. The van der Waals surface area contributed by atoms with E-state index in [2.05, 4.69) is 121 Å².